The average molecular weight is 387 g/mol. The Bertz CT molecular complexity index is 896. The van der Waals surface area contributed by atoms with Gasteiger partial charge in [-0.05, 0) is 32.0 Å². The van der Waals surface area contributed by atoms with Crippen LogP contribution in [0.2, 0.25) is 5.02 Å². The number of thiazole rings is 1. The minimum atomic E-state index is -0.615. The predicted octanol–water partition coefficient (Wildman–Crippen LogP) is 4.86. The van der Waals surface area contributed by atoms with Crippen LogP contribution in [0.1, 0.15) is 17.5 Å². The second kappa shape index (κ2) is 8.34. The van der Waals surface area contributed by atoms with Gasteiger partial charge >= 0.3 is 0 Å². The van der Waals surface area contributed by atoms with Gasteiger partial charge in [0.05, 0.1) is 12.2 Å². The number of aryl methyl sites for hydroxylation is 1. The molecule has 1 unspecified atom stereocenters. The fourth-order valence-electron chi connectivity index (χ4n) is 2.41. The van der Waals surface area contributed by atoms with Crippen molar-refractivity contribution in [3.8, 4) is 16.3 Å². The second-order valence-electron chi connectivity index (χ2n) is 5.83. The first-order valence-corrected chi connectivity index (χ1v) is 9.44. The van der Waals surface area contributed by atoms with Gasteiger partial charge in [-0.1, -0.05) is 48.0 Å². The summed E-state index contributed by atoms with van der Waals surface area (Å²) in [4.78, 5) is 17.9. The van der Waals surface area contributed by atoms with Gasteiger partial charge < -0.3 is 10.1 Å². The van der Waals surface area contributed by atoms with E-state index >= 15 is 0 Å². The smallest absolute Gasteiger partial charge is 0.261 e. The molecule has 3 aromatic rings. The van der Waals surface area contributed by atoms with E-state index in [9.17, 15) is 4.79 Å². The van der Waals surface area contributed by atoms with E-state index in [1.54, 1.807) is 42.5 Å². The van der Waals surface area contributed by atoms with Gasteiger partial charge in [0.1, 0.15) is 10.8 Å². The van der Waals surface area contributed by atoms with Crippen molar-refractivity contribution in [2.45, 2.75) is 26.5 Å². The molecule has 2 aromatic carbocycles. The van der Waals surface area contributed by atoms with Crippen molar-refractivity contribution >= 4 is 28.8 Å². The highest BCUT2D eigenvalue weighted by Gasteiger charge is 2.16. The minimum Gasteiger partial charge on any atom is -0.481 e. The molecule has 0 aliphatic carbocycles. The van der Waals surface area contributed by atoms with Crippen molar-refractivity contribution in [2.24, 2.45) is 0 Å². The fraction of sp³-hybridized carbons (Fsp3) is 0.200. The maximum absolute atomic E-state index is 12.3. The molecule has 134 valence electrons. The van der Waals surface area contributed by atoms with E-state index in [1.165, 1.54) is 0 Å². The highest BCUT2D eigenvalue weighted by molar-refractivity contribution is 7.15. The molecule has 0 aliphatic rings. The first kappa shape index (κ1) is 18.4. The number of carbonyl (C=O) groups excluding carboxylic acids is 1. The number of halogens is 1. The third-order valence-electron chi connectivity index (χ3n) is 3.81. The lowest BCUT2D eigenvalue weighted by molar-refractivity contribution is -0.127. The quantitative estimate of drug-likeness (QED) is 0.658. The van der Waals surface area contributed by atoms with E-state index in [4.69, 9.17) is 16.3 Å². The molecule has 3 rings (SSSR count). The standard InChI is InChI=1S/C20H19ClN2O2S/c1-13-18(26-20(23-13)15-7-4-3-5-8-15)12-22-19(24)14(2)25-17-10-6-9-16(21)11-17/h3-11,14H,12H2,1-2H3,(H,22,24). The van der Waals surface area contributed by atoms with Gasteiger partial charge in [-0.3, -0.25) is 4.79 Å². The van der Waals surface area contributed by atoms with Gasteiger partial charge in [-0.25, -0.2) is 4.98 Å². The SMILES string of the molecule is Cc1nc(-c2ccccc2)sc1CNC(=O)C(C)Oc1cccc(Cl)c1. The van der Waals surface area contributed by atoms with Crippen LogP contribution in [0.15, 0.2) is 54.6 Å². The number of amides is 1. The van der Waals surface area contributed by atoms with Gasteiger partial charge in [0.2, 0.25) is 0 Å². The lowest BCUT2D eigenvalue weighted by atomic mass is 10.2. The van der Waals surface area contributed by atoms with Gasteiger partial charge in [0.15, 0.2) is 6.10 Å². The van der Waals surface area contributed by atoms with Crippen LogP contribution >= 0.6 is 22.9 Å². The number of aromatic nitrogens is 1. The van der Waals surface area contributed by atoms with Gasteiger partial charge in [0, 0.05) is 15.5 Å². The Morgan fingerprint density at radius 2 is 2.00 bits per heavy atom. The topological polar surface area (TPSA) is 51.2 Å². The molecule has 1 heterocycles. The number of hydrogen-bond donors (Lipinski definition) is 1. The summed E-state index contributed by atoms with van der Waals surface area (Å²) in [7, 11) is 0. The lowest BCUT2D eigenvalue weighted by Gasteiger charge is -2.14. The molecule has 1 amide bonds. The van der Waals surface area contributed by atoms with Gasteiger partial charge in [-0.15, -0.1) is 11.3 Å². The van der Waals surface area contributed by atoms with Crippen LogP contribution in [0, 0.1) is 6.92 Å². The number of nitrogens with zero attached hydrogens (tertiary/aromatic N) is 1. The Hall–Kier alpha value is -2.37. The molecule has 0 fully saturated rings. The number of ether oxygens (including phenoxy) is 1. The predicted molar refractivity (Wildman–Crippen MR) is 106 cm³/mol. The number of carbonyl (C=O) groups is 1. The van der Waals surface area contributed by atoms with Crippen LogP contribution in [0.3, 0.4) is 0 Å². The van der Waals surface area contributed by atoms with Crippen LogP contribution in [0.5, 0.6) is 5.75 Å². The maximum Gasteiger partial charge on any atom is 0.261 e. The summed E-state index contributed by atoms with van der Waals surface area (Å²) >= 11 is 7.52. The zero-order valence-corrected chi connectivity index (χ0v) is 16.1. The number of hydrogen-bond acceptors (Lipinski definition) is 4. The molecule has 0 aliphatic heterocycles. The molecule has 4 nitrogen and oxygen atoms in total. The van der Waals surface area contributed by atoms with Crippen LogP contribution in [0.4, 0.5) is 0 Å². The van der Waals surface area contributed by atoms with E-state index in [0.717, 1.165) is 21.1 Å². The van der Waals surface area contributed by atoms with E-state index < -0.39 is 6.10 Å². The van der Waals surface area contributed by atoms with Gasteiger partial charge in [-0.2, -0.15) is 0 Å². The third-order valence-corrected chi connectivity index (χ3v) is 5.26. The Kier molecular flexibility index (Phi) is 5.91. The fourth-order valence-corrected chi connectivity index (χ4v) is 3.59. The van der Waals surface area contributed by atoms with Crippen molar-refractivity contribution in [3.63, 3.8) is 0 Å². The van der Waals surface area contributed by atoms with Crippen LogP contribution < -0.4 is 10.1 Å². The summed E-state index contributed by atoms with van der Waals surface area (Å²) in [5.41, 5.74) is 2.01. The van der Waals surface area contributed by atoms with Crippen molar-refractivity contribution in [2.75, 3.05) is 0 Å². The Balaban J connectivity index is 1.60. The van der Waals surface area contributed by atoms with E-state index in [0.29, 0.717) is 17.3 Å². The van der Waals surface area contributed by atoms with Crippen molar-refractivity contribution in [1.29, 1.82) is 0 Å². The summed E-state index contributed by atoms with van der Waals surface area (Å²) in [6.45, 7) is 4.10. The summed E-state index contributed by atoms with van der Waals surface area (Å²) in [6, 6.07) is 17.0. The molecule has 0 spiro atoms. The summed E-state index contributed by atoms with van der Waals surface area (Å²) in [6.07, 6.45) is -0.615. The highest BCUT2D eigenvalue weighted by Crippen LogP contribution is 2.27. The monoisotopic (exact) mass is 386 g/mol. The minimum absolute atomic E-state index is 0.181. The van der Waals surface area contributed by atoms with Crippen molar-refractivity contribution in [1.82, 2.24) is 10.3 Å². The van der Waals surface area contributed by atoms with Crippen LogP contribution in [-0.2, 0) is 11.3 Å². The zero-order valence-electron chi connectivity index (χ0n) is 14.5. The molecule has 1 N–H and O–H groups in total. The Labute approximate surface area is 161 Å². The van der Waals surface area contributed by atoms with Crippen molar-refractivity contribution < 1.29 is 9.53 Å². The number of nitrogens with one attached hydrogen (secondary N) is 1. The van der Waals surface area contributed by atoms with Crippen molar-refractivity contribution in [3.05, 3.63) is 70.2 Å². The first-order valence-electron chi connectivity index (χ1n) is 8.24. The molecule has 0 radical (unpaired) electrons. The molecule has 6 heteroatoms. The van der Waals surface area contributed by atoms with Crippen LogP contribution in [-0.4, -0.2) is 17.0 Å². The normalized spacial score (nSPS) is 11.8. The average Bonchev–Trinajstić information content (AvgIpc) is 3.01. The lowest BCUT2D eigenvalue weighted by Crippen LogP contribution is -2.35. The van der Waals surface area contributed by atoms with Gasteiger partial charge in [0.25, 0.3) is 5.91 Å². The number of benzene rings is 2. The molecule has 0 saturated carbocycles. The molecule has 0 bridgehead atoms. The molecule has 1 aromatic heterocycles. The zero-order chi connectivity index (χ0) is 18.5. The van der Waals surface area contributed by atoms with E-state index in [1.807, 2.05) is 37.3 Å². The molecule has 26 heavy (non-hydrogen) atoms. The largest absolute Gasteiger partial charge is 0.481 e. The molecular weight excluding hydrogens is 368 g/mol. The summed E-state index contributed by atoms with van der Waals surface area (Å²) in [5, 5.41) is 4.44. The number of rotatable bonds is 6. The molecular formula is C20H19ClN2O2S. The van der Waals surface area contributed by atoms with E-state index in [-0.39, 0.29) is 5.91 Å². The first-order chi connectivity index (χ1) is 12.5. The second-order valence-corrected chi connectivity index (χ2v) is 7.35. The van der Waals surface area contributed by atoms with E-state index in [2.05, 4.69) is 10.3 Å². The molecule has 0 saturated heterocycles. The van der Waals surface area contributed by atoms with Crippen LogP contribution in [0.25, 0.3) is 10.6 Å². The summed E-state index contributed by atoms with van der Waals surface area (Å²) < 4.78 is 5.64. The summed E-state index contributed by atoms with van der Waals surface area (Å²) in [5.74, 6) is 0.388. The molecule has 1 atom stereocenters. The third kappa shape index (κ3) is 4.62. The Morgan fingerprint density at radius 3 is 2.73 bits per heavy atom. The Morgan fingerprint density at radius 1 is 1.23 bits per heavy atom. The maximum atomic E-state index is 12.3. The highest BCUT2D eigenvalue weighted by atomic mass is 35.5.